The van der Waals surface area contributed by atoms with Crippen LogP contribution < -0.4 is 14.4 Å². The zero-order valence-corrected chi connectivity index (χ0v) is 22.8. The molecule has 0 N–H and O–H groups in total. The number of hydrogen-bond donors (Lipinski definition) is 0. The van der Waals surface area contributed by atoms with Crippen molar-refractivity contribution < 1.29 is 14.3 Å². The summed E-state index contributed by atoms with van der Waals surface area (Å²) >= 11 is 6.37. The Hall–Kier alpha value is -3.02. The smallest absolute Gasteiger partial charge is 0.343 e. The second kappa shape index (κ2) is 12.5. The molecule has 0 radical (unpaired) electrons. The van der Waals surface area contributed by atoms with Gasteiger partial charge in [-0.2, -0.15) is 0 Å². The van der Waals surface area contributed by atoms with E-state index in [0.717, 1.165) is 67.6 Å². The second-order valence-corrected chi connectivity index (χ2v) is 10.9. The van der Waals surface area contributed by atoms with Gasteiger partial charge >= 0.3 is 5.97 Å². The SMILES string of the molecule is CC(C)(C)c1cc(OC(=O)c2ccccc2)ccc1OCCCCN1CCN(c2ccccc2Cl)CC1. The van der Waals surface area contributed by atoms with Crippen molar-refractivity contribution >= 4 is 23.3 Å². The number of unbranched alkanes of at least 4 members (excludes halogenated alkanes) is 1. The molecule has 1 aliphatic heterocycles. The molecule has 1 heterocycles. The summed E-state index contributed by atoms with van der Waals surface area (Å²) in [6.07, 6.45) is 2.07. The molecule has 6 heteroatoms. The van der Waals surface area contributed by atoms with E-state index in [1.165, 1.54) is 0 Å². The molecule has 0 saturated carbocycles. The minimum Gasteiger partial charge on any atom is -0.493 e. The largest absolute Gasteiger partial charge is 0.493 e. The highest BCUT2D eigenvalue weighted by molar-refractivity contribution is 6.33. The van der Waals surface area contributed by atoms with Crippen molar-refractivity contribution in [1.82, 2.24) is 4.90 Å². The minimum absolute atomic E-state index is 0.147. The van der Waals surface area contributed by atoms with Gasteiger partial charge in [0.15, 0.2) is 0 Å². The molecule has 4 rings (SSSR count). The van der Waals surface area contributed by atoms with Gasteiger partial charge in [-0.25, -0.2) is 4.79 Å². The Balaban J connectivity index is 1.24. The van der Waals surface area contributed by atoms with Crippen molar-refractivity contribution in [3.05, 3.63) is 88.9 Å². The predicted octanol–water partition coefficient (Wildman–Crippen LogP) is 6.84. The maximum absolute atomic E-state index is 12.5. The highest BCUT2D eigenvalue weighted by Gasteiger charge is 2.22. The fourth-order valence-corrected chi connectivity index (χ4v) is 4.82. The van der Waals surface area contributed by atoms with Crippen molar-refractivity contribution in [3.8, 4) is 11.5 Å². The summed E-state index contributed by atoms with van der Waals surface area (Å²) in [5.74, 6) is 1.02. The molecular formula is C31H37ClN2O3. The van der Waals surface area contributed by atoms with Crippen molar-refractivity contribution in [2.75, 3.05) is 44.2 Å². The van der Waals surface area contributed by atoms with Gasteiger partial charge in [0, 0.05) is 31.7 Å². The lowest BCUT2D eigenvalue weighted by Gasteiger charge is -2.36. The van der Waals surface area contributed by atoms with Gasteiger partial charge in [-0.05, 0) is 67.3 Å². The number of rotatable bonds is 9. The Morgan fingerprint density at radius 2 is 1.59 bits per heavy atom. The Labute approximate surface area is 225 Å². The molecular weight excluding hydrogens is 484 g/mol. The quantitative estimate of drug-likeness (QED) is 0.175. The molecule has 37 heavy (non-hydrogen) atoms. The van der Waals surface area contributed by atoms with Gasteiger partial charge in [0.25, 0.3) is 0 Å². The monoisotopic (exact) mass is 520 g/mol. The lowest BCUT2D eigenvalue weighted by atomic mass is 9.86. The third-order valence-corrected chi connectivity index (χ3v) is 6.99. The van der Waals surface area contributed by atoms with E-state index in [0.29, 0.717) is 17.9 Å². The summed E-state index contributed by atoms with van der Waals surface area (Å²) in [7, 11) is 0. The van der Waals surface area contributed by atoms with Crippen LogP contribution in [0, 0.1) is 0 Å². The van der Waals surface area contributed by atoms with Crippen LogP contribution in [0.5, 0.6) is 11.5 Å². The molecule has 1 fully saturated rings. The first-order valence-electron chi connectivity index (χ1n) is 13.1. The van der Waals surface area contributed by atoms with Crippen LogP contribution in [0.25, 0.3) is 0 Å². The van der Waals surface area contributed by atoms with Crippen LogP contribution in [-0.2, 0) is 5.41 Å². The zero-order chi connectivity index (χ0) is 26.3. The van der Waals surface area contributed by atoms with Crippen LogP contribution in [-0.4, -0.2) is 50.2 Å². The fourth-order valence-electron chi connectivity index (χ4n) is 4.56. The van der Waals surface area contributed by atoms with Crippen molar-refractivity contribution in [1.29, 1.82) is 0 Å². The van der Waals surface area contributed by atoms with E-state index in [-0.39, 0.29) is 11.4 Å². The normalized spacial score (nSPS) is 14.4. The molecule has 0 spiro atoms. The van der Waals surface area contributed by atoms with Gasteiger partial charge in [0.1, 0.15) is 11.5 Å². The van der Waals surface area contributed by atoms with E-state index in [4.69, 9.17) is 21.1 Å². The number of nitrogens with zero attached hydrogens (tertiary/aromatic N) is 2. The summed E-state index contributed by atoms with van der Waals surface area (Å²) in [5.41, 5.74) is 2.55. The van der Waals surface area contributed by atoms with E-state index in [9.17, 15) is 4.79 Å². The molecule has 1 saturated heterocycles. The van der Waals surface area contributed by atoms with Crippen molar-refractivity contribution in [2.24, 2.45) is 0 Å². The fraction of sp³-hybridized carbons (Fsp3) is 0.387. The van der Waals surface area contributed by atoms with Gasteiger partial charge in [-0.3, -0.25) is 4.90 Å². The number of anilines is 1. The molecule has 3 aromatic carbocycles. The Bertz CT molecular complexity index is 1170. The molecule has 0 unspecified atom stereocenters. The average Bonchev–Trinajstić information content (AvgIpc) is 2.90. The van der Waals surface area contributed by atoms with E-state index in [1.54, 1.807) is 12.1 Å². The average molecular weight is 521 g/mol. The van der Waals surface area contributed by atoms with Crippen LogP contribution in [0.3, 0.4) is 0 Å². The number of ether oxygens (including phenoxy) is 2. The lowest BCUT2D eigenvalue weighted by Crippen LogP contribution is -2.46. The van der Waals surface area contributed by atoms with Crippen molar-refractivity contribution in [2.45, 2.75) is 39.0 Å². The maximum Gasteiger partial charge on any atom is 0.343 e. The third-order valence-electron chi connectivity index (χ3n) is 6.67. The standard InChI is InChI=1S/C31H37ClN2O3/c1-31(2,3)26-23-25(37-30(35)24-11-5-4-6-12-24)15-16-29(26)36-22-10-9-17-33-18-20-34(21-19-33)28-14-8-7-13-27(28)32/h4-8,11-16,23H,9-10,17-22H2,1-3H3. The van der Waals surface area contributed by atoms with Crippen molar-refractivity contribution in [3.63, 3.8) is 0 Å². The predicted molar refractivity (Wildman–Crippen MR) is 151 cm³/mol. The number of hydrogen-bond acceptors (Lipinski definition) is 5. The minimum atomic E-state index is -0.359. The topological polar surface area (TPSA) is 42.0 Å². The van der Waals surface area contributed by atoms with Crippen LogP contribution in [0.4, 0.5) is 5.69 Å². The van der Waals surface area contributed by atoms with E-state index in [2.05, 4.69) is 36.6 Å². The summed E-state index contributed by atoms with van der Waals surface area (Å²) < 4.78 is 11.8. The first kappa shape index (κ1) is 27.0. The maximum atomic E-state index is 12.5. The van der Waals surface area contributed by atoms with Gasteiger partial charge in [-0.1, -0.05) is 62.7 Å². The van der Waals surface area contributed by atoms with Gasteiger partial charge < -0.3 is 14.4 Å². The van der Waals surface area contributed by atoms with E-state index < -0.39 is 0 Å². The van der Waals surface area contributed by atoms with Gasteiger partial charge in [0.2, 0.25) is 0 Å². The molecule has 5 nitrogen and oxygen atoms in total. The van der Waals surface area contributed by atoms with Crippen LogP contribution in [0.1, 0.15) is 49.5 Å². The molecule has 0 atom stereocenters. The molecule has 3 aromatic rings. The lowest BCUT2D eigenvalue weighted by molar-refractivity contribution is 0.0734. The van der Waals surface area contributed by atoms with Gasteiger partial charge in [-0.15, -0.1) is 0 Å². The van der Waals surface area contributed by atoms with Gasteiger partial charge in [0.05, 0.1) is 22.9 Å². The van der Waals surface area contributed by atoms with E-state index in [1.807, 2.05) is 54.6 Å². The van der Waals surface area contributed by atoms with Crippen LogP contribution in [0.2, 0.25) is 5.02 Å². The molecule has 1 aliphatic rings. The first-order chi connectivity index (χ1) is 17.8. The second-order valence-electron chi connectivity index (χ2n) is 10.5. The Morgan fingerprint density at radius 1 is 0.892 bits per heavy atom. The first-order valence-corrected chi connectivity index (χ1v) is 13.5. The number of para-hydroxylation sites is 1. The highest BCUT2D eigenvalue weighted by atomic mass is 35.5. The molecule has 0 aromatic heterocycles. The molecule has 196 valence electrons. The third kappa shape index (κ3) is 7.50. The molecule has 0 aliphatic carbocycles. The number of carbonyl (C=O) groups is 1. The number of benzene rings is 3. The zero-order valence-electron chi connectivity index (χ0n) is 22.1. The molecule has 0 bridgehead atoms. The molecule has 0 amide bonds. The van der Waals surface area contributed by atoms with Crippen LogP contribution in [0.15, 0.2) is 72.8 Å². The number of halogens is 1. The Morgan fingerprint density at radius 3 is 2.30 bits per heavy atom. The summed E-state index contributed by atoms with van der Waals surface area (Å²) in [5, 5.41) is 0.824. The summed E-state index contributed by atoms with van der Waals surface area (Å²) in [4.78, 5) is 17.4. The number of carbonyl (C=O) groups excluding carboxylic acids is 1. The number of piperazine rings is 1. The number of esters is 1. The highest BCUT2D eigenvalue weighted by Crippen LogP contribution is 2.35. The summed E-state index contributed by atoms with van der Waals surface area (Å²) in [6.45, 7) is 12.2. The van der Waals surface area contributed by atoms with Crippen LogP contribution >= 0.6 is 11.6 Å². The Kier molecular flexibility index (Phi) is 9.12. The van der Waals surface area contributed by atoms with E-state index >= 15 is 0 Å². The summed E-state index contributed by atoms with van der Waals surface area (Å²) in [6, 6.07) is 22.8.